The van der Waals surface area contributed by atoms with Gasteiger partial charge in [0.2, 0.25) is 0 Å². The first kappa shape index (κ1) is 16.6. The van der Waals surface area contributed by atoms with Crippen molar-refractivity contribution in [2.75, 3.05) is 13.2 Å². The van der Waals surface area contributed by atoms with E-state index < -0.39 is 0 Å². The monoisotopic (exact) mass is 336 g/mol. The zero-order valence-corrected chi connectivity index (χ0v) is 14.9. The van der Waals surface area contributed by atoms with Crippen LogP contribution in [0.15, 0.2) is 0 Å². The van der Waals surface area contributed by atoms with Crippen molar-refractivity contribution in [2.45, 2.75) is 95.1 Å². The fourth-order valence-corrected chi connectivity index (χ4v) is 4.99. The minimum absolute atomic E-state index is 0.117. The number of rotatable bonds is 4. The standard InChI is InChI=1S/C19H32N2O3/c1-13-4-6-14(7-5-13)21(12-16-3-2-10-23-16)19(22)20-17-11-15-8-9-18(17)24-15/h13-18H,2-12H2,1H3,(H,20,22). The lowest BCUT2D eigenvalue weighted by Gasteiger charge is -2.38. The third kappa shape index (κ3) is 3.57. The highest BCUT2D eigenvalue weighted by atomic mass is 16.5. The first-order valence-electron chi connectivity index (χ1n) is 10.0. The molecule has 4 unspecified atom stereocenters. The van der Waals surface area contributed by atoms with E-state index >= 15 is 0 Å². The lowest BCUT2D eigenvalue weighted by Crippen LogP contribution is -2.54. The minimum Gasteiger partial charge on any atom is -0.376 e. The van der Waals surface area contributed by atoms with Gasteiger partial charge in [-0.1, -0.05) is 6.92 Å². The van der Waals surface area contributed by atoms with E-state index in [-0.39, 0.29) is 24.3 Å². The summed E-state index contributed by atoms with van der Waals surface area (Å²) in [5.41, 5.74) is 0. The third-order valence-electron chi connectivity index (χ3n) is 6.53. The molecule has 1 N–H and O–H groups in total. The fourth-order valence-electron chi connectivity index (χ4n) is 4.99. The van der Waals surface area contributed by atoms with Crippen LogP contribution in [-0.2, 0) is 9.47 Å². The summed E-state index contributed by atoms with van der Waals surface area (Å²) in [6.45, 7) is 3.93. The molecule has 4 aliphatic rings. The van der Waals surface area contributed by atoms with Crippen LogP contribution < -0.4 is 5.32 Å². The molecule has 0 aromatic carbocycles. The quantitative estimate of drug-likeness (QED) is 0.858. The number of hydrogen-bond donors (Lipinski definition) is 1. The van der Waals surface area contributed by atoms with E-state index in [0.29, 0.717) is 12.1 Å². The lowest BCUT2D eigenvalue weighted by atomic mass is 9.86. The van der Waals surface area contributed by atoms with Gasteiger partial charge in [0.15, 0.2) is 0 Å². The molecule has 5 heteroatoms. The van der Waals surface area contributed by atoms with Crippen LogP contribution in [0.2, 0.25) is 0 Å². The summed E-state index contributed by atoms with van der Waals surface area (Å²) in [5.74, 6) is 0.799. The minimum atomic E-state index is 0.117. The average molecular weight is 336 g/mol. The lowest BCUT2D eigenvalue weighted by molar-refractivity contribution is 0.0577. The Morgan fingerprint density at radius 3 is 2.58 bits per heavy atom. The zero-order chi connectivity index (χ0) is 16.5. The number of nitrogens with one attached hydrogen (secondary N) is 1. The van der Waals surface area contributed by atoms with Gasteiger partial charge in [0, 0.05) is 19.2 Å². The maximum Gasteiger partial charge on any atom is 0.318 e. The smallest absolute Gasteiger partial charge is 0.318 e. The molecule has 0 aromatic heterocycles. The van der Waals surface area contributed by atoms with Crippen LogP contribution in [0.25, 0.3) is 0 Å². The van der Waals surface area contributed by atoms with Crippen molar-refractivity contribution in [1.82, 2.24) is 10.2 Å². The summed E-state index contributed by atoms with van der Waals surface area (Å²) in [4.78, 5) is 15.2. The molecular weight excluding hydrogens is 304 g/mol. The SMILES string of the molecule is CC1CCC(N(CC2CCCO2)C(=O)NC2CC3CCC2O3)CC1. The van der Waals surface area contributed by atoms with Crippen LogP contribution in [0.4, 0.5) is 4.79 Å². The normalized spacial score (nSPS) is 41.5. The predicted octanol–water partition coefficient (Wildman–Crippen LogP) is 3.08. The fraction of sp³-hybridized carbons (Fsp3) is 0.947. The van der Waals surface area contributed by atoms with E-state index in [1.54, 1.807) is 0 Å². The molecular formula is C19H32N2O3. The molecule has 5 nitrogen and oxygen atoms in total. The Hall–Kier alpha value is -0.810. The van der Waals surface area contributed by atoms with Gasteiger partial charge < -0.3 is 19.7 Å². The molecule has 136 valence electrons. The largest absolute Gasteiger partial charge is 0.376 e. The van der Waals surface area contributed by atoms with E-state index in [2.05, 4.69) is 17.1 Å². The van der Waals surface area contributed by atoms with Gasteiger partial charge in [0.1, 0.15) is 0 Å². The molecule has 4 atom stereocenters. The predicted molar refractivity (Wildman–Crippen MR) is 91.9 cm³/mol. The number of nitrogens with zero attached hydrogens (tertiary/aromatic N) is 1. The maximum atomic E-state index is 13.0. The first-order chi connectivity index (χ1) is 11.7. The second kappa shape index (κ2) is 7.20. The van der Waals surface area contributed by atoms with Gasteiger partial charge in [0.05, 0.1) is 24.4 Å². The van der Waals surface area contributed by atoms with E-state index in [9.17, 15) is 4.79 Å². The number of carbonyl (C=O) groups excluding carboxylic acids is 1. The van der Waals surface area contributed by atoms with Crippen LogP contribution in [0.1, 0.15) is 64.7 Å². The van der Waals surface area contributed by atoms with Crippen LogP contribution >= 0.6 is 0 Å². The molecule has 2 amide bonds. The van der Waals surface area contributed by atoms with Gasteiger partial charge in [-0.15, -0.1) is 0 Å². The molecule has 4 fully saturated rings. The molecule has 2 bridgehead atoms. The van der Waals surface area contributed by atoms with E-state index in [4.69, 9.17) is 9.47 Å². The molecule has 3 saturated heterocycles. The second-order valence-corrected chi connectivity index (χ2v) is 8.37. The highest BCUT2D eigenvalue weighted by Gasteiger charge is 2.42. The Bertz CT molecular complexity index is 444. The molecule has 1 aliphatic carbocycles. The van der Waals surface area contributed by atoms with Crippen molar-refractivity contribution < 1.29 is 14.3 Å². The van der Waals surface area contributed by atoms with Gasteiger partial charge >= 0.3 is 6.03 Å². The summed E-state index contributed by atoms with van der Waals surface area (Å²) in [7, 11) is 0. The highest BCUT2D eigenvalue weighted by molar-refractivity contribution is 5.75. The highest BCUT2D eigenvalue weighted by Crippen LogP contribution is 2.35. The number of fused-ring (bicyclic) bond motifs is 2. The van der Waals surface area contributed by atoms with Crippen molar-refractivity contribution in [2.24, 2.45) is 5.92 Å². The van der Waals surface area contributed by atoms with Crippen molar-refractivity contribution in [3.8, 4) is 0 Å². The average Bonchev–Trinajstić information content (AvgIpc) is 3.31. The maximum absolute atomic E-state index is 13.0. The van der Waals surface area contributed by atoms with Gasteiger partial charge in [-0.2, -0.15) is 0 Å². The van der Waals surface area contributed by atoms with Crippen LogP contribution in [-0.4, -0.2) is 54.5 Å². The Balaban J connectivity index is 1.39. The first-order valence-corrected chi connectivity index (χ1v) is 10.0. The summed E-state index contributed by atoms with van der Waals surface area (Å²) < 4.78 is 11.7. The second-order valence-electron chi connectivity index (χ2n) is 8.37. The molecule has 0 radical (unpaired) electrons. The van der Waals surface area contributed by atoms with E-state index in [1.807, 2.05) is 0 Å². The Morgan fingerprint density at radius 1 is 1.12 bits per heavy atom. The van der Waals surface area contributed by atoms with E-state index in [1.165, 1.54) is 12.8 Å². The number of urea groups is 1. The molecule has 24 heavy (non-hydrogen) atoms. The number of amides is 2. The van der Waals surface area contributed by atoms with Crippen molar-refractivity contribution in [1.29, 1.82) is 0 Å². The van der Waals surface area contributed by atoms with Crippen LogP contribution in [0.5, 0.6) is 0 Å². The van der Waals surface area contributed by atoms with Gasteiger partial charge in [0.25, 0.3) is 0 Å². The van der Waals surface area contributed by atoms with Crippen molar-refractivity contribution >= 4 is 6.03 Å². The number of ether oxygens (including phenoxy) is 2. The van der Waals surface area contributed by atoms with Gasteiger partial charge in [-0.05, 0) is 63.7 Å². The van der Waals surface area contributed by atoms with Crippen molar-refractivity contribution in [3.05, 3.63) is 0 Å². The molecule has 0 aromatic rings. The van der Waals surface area contributed by atoms with Gasteiger partial charge in [-0.3, -0.25) is 0 Å². The molecule has 3 aliphatic heterocycles. The summed E-state index contributed by atoms with van der Waals surface area (Å²) in [5, 5.41) is 3.30. The molecule has 1 saturated carbocycles. The number of carbonyl (C=O) groups is 1. The van der Waals surface area contributed by atoms with Crippen molar-refractivity contribution in [3.63, 3.8) is 0 Å². The van der Waals surface area contributed by atoms with Crippen LogP contribution in [0.3, 0.4) is 0 Å². The summed E-state index contributed by atoms with van der Waals surface area (Å²) in [6.07, 6.45) is 11.1. The Labute approximate surface area is 145 Å². The summed E-state index contributed by atoms with van der Waals surface area (Å²) >= 11 is 0. The van der Waals surface area contributed by atoms with Crippen LogP contribution in [0, 0.1) is 5.92 Å². The molecule has 4 rings (SSSR count). The summed E-state index contributed by atoms with van der Waals surface area (Å²) in [6, 6.07) is 0.710. The Kier molecular flexibility index (Phi) is 5.00. The molecule has 3 heterocycles. The molecule has 0 spiro atoms. The number of hydrogen-bond acceptors (Lipinski definition) is 3. The van der Waals surface area contributed by atoms with Gasteiger partial charge in [-0.25, -0.2) is 4.79 Å². The zero-order valence-electron chi connectivity index (χ0n) is 14.9. The topological polar surface area (TPSA) is 50.8 Å². The Morgan fingerprint density at radius 2 is 1.96 bits per heavy atom. The van der Waals surface area contributed by atoms with E-state index in [0.717, 1.165) is 64.0 Å². The third-order valence-corrected chi connectivity index (χ3v) is 6.53.